The number of likely N-dealkylation sites (tertiary alicyclic amines) is 1. The number of nitrogens with two attached hydrogens (primary N) is 1. The zero-order valence-corrected chi connectivity index (χ0v) is 18.1. The lowest BCUT2D eigenvalue weighted by atomic mass is 9.57. The Balaban J connectivity index is 3.43. The van der Waals surface area contributed by atoms with Gasteiger partial charge in [-0.1, -0.05) is 27.7 Å². The molecule has 0 bridgehead atoms. The third kappa shape index (κ3) is 4.40. The van der Waals surface area contributed by atoms with Crippen LogP contribution in [0.4, 0.5) is 0 Å². The van der Waals surface area contributed by atoms with Gasteiger partial charge in [0.05, 0.1) is 6.04 Å². The van der Waals surface area contributed by atoms with Crippen LogP contribution < -0.4 is 5.73 Å². The monoisotopic (exact) mass is 338 g/mol. The van der Waals surface area contributed by atoms with E-state index < -0.39 is 0 Å². The van der Waals surface area contributed by atoms with Crippen molar-refractivity contribution in [1.29, 1.82) is 0 Å². The Morgan fingerprint density at radius 3 is 2.00 bits per heavy atom. The molecule has 1 aliphatic rings. The van der Waals surface area contributed by atoms with Gasteiger partial charge in [0.15, 0.2) is 5.78 Å². The minimum Gasteiger partial charge on any atom is -0.326 e. The van der Waals surface area contributed by atoms with E-state index in [0.29, 0.717) is 11.8 Å². The molecule has 1 rings (SSSR count). The van der Waals surface area contributed by atoms with Crippen LogP contribution in [0.2, 0.25) is 0 Å². The van der Waals surface area contributed by atoms with Gasteiger partial charge in [0.2, 0.25) is 0 Å². The Morgan fingerprint density at radius 2 is 1.62 bits per heavy atom. The third-order valence-electron chi connectivity index (χ3n) is 5.73. The molecule has 0 aliphatic carbocycles. The fraction of sp³-hybridized carbons (Fsp3) is 0.952. The zero-order chi connectivity index (χ0) is 19.3. The summed E-state index contributed by atoms with van der Waals surface area (Å²) in [6.07, 6.45) is 1.85. The molecule has 0 spiro atoms. The Hall–Kier alpha value is -0.410. The van der Waals surface area contributed by atoms with E-state index in [1.807, 2.05) is 0 Å². The highest BCUT2D eigenvalue weighted by Crippen LogP contribution is 2.52. The molecule has 0 radical (unpaired) electrons. The number of ketones is 1. The highest BCUT2D eigenvalue weighted by Gasteiger charge is 2.54. The van der Waals surface area contributed by atoms with Crippen molar-refractivity contribution >= 4 is 5.78 Å². The molecule has 1 saturated heterocycles. The van der Waals surface area contributed by atoms with E-state index in [2.05, 4.69) is 81.1 Å². The molecule has 1 heterocycles. The molecule has 142 valence electrons. The van der Waals surface area contributed by atoms with Crippen LogP contribution in [0.3, 0.4) is 0 Å². The Kier molecular flexibility index (Phi) is 5.76. The molecule has 2 unspecified atom stereocenters. The first-order valence-electron chi connectivity index (χ1n) is 9.53. The van der Waals surface area contributed by atoms with Gasteiger partial charge in [-0.25, -0.2) is 0 Å². The summed E-state index contributed by atoms with van der Waals surface area (Å²) in [6, 6.07) is 0.287. The van der Waals surface area contributed by atoms with E-state index in [9.17, 15) is 4.79 Å². The van der Waals surface area contributed by atoms with Gasteiger partial charge in [-0.05, 0) is 72.1 Å². The number of Topliss-reactive ketones (excluding diaryl/α,β-unsaturated/α-hetero) is 1. The second-order valence-corrected chi connectivity index (χ2v) is 11.1. The topological polar surface area (TPSA) is 46.3 Å². The van der Waals surface area contributed by atoms with Gasteiger partial charge in [-0.3, -0.25) is 9.69 Å². The average Bonchev–Trinajstić information content (AvgIpc) is 2.24. The fourth-order valence-electron chi connectivity index (χ4n) is 6.46. The standard InChI is InChI=1S/C21H42N2O/c1-14(2)23-15(3)16(24)17(18(4,5)12-20(8,9)22)19(6,7)13-21(23,10)11/h14-15,17H,12-13,22H2,1-11H3. The number of hydrogen-bond donors (Lipinski definition) is 1. The van der Waals surface area contributed by atoms with Crippen molar-refractivity contribution in [1.82, 2.24) is 4.90 Å². The quantitative estimate of drug-likeness (QED) is 0.812. The van der Waals surface area contributed by atoms with Crippen LogP contribution >= 0.6 is 0 Å². The largest absolute Gasteiger partial charge is 0.326 e. The molecule has 0 amide bonds. The molecule has 0 aromatic carbocycles. The van der Waals surface area contributed by atoms with E-state index in [1.54, 1.807) is 0 Å². The molecule has 0 aromatic heterocycles. The molecule has 3 nitrogen and oxygen atoms in total. The molecular weight excluding hydrogens is 296 g/mol. The summed E-state index contributed by atoms with van der Waals surface area (Å²) >= 11 is 0. The van der Waals surface area contributed by atoms with E-state index in [1.165, 1.54) is 0 Å². The SMILES string of the molecule is CC(C)N1C(C)C(=O)C(C(C)(C)CC(C)(C)N)C(C)(C)CC1(C)C. The first-order valence-corrected chi connectivity index (χ1v) is 9.53. The highest BCUT2D eigenvalue weighted by molar-refractivity contribution is 5.88. The maximum Gasteiger partial charge on any atom is 0.153 e. The lowest BCUT2D eigenvalue weighted by molar-refractivity contribution is -0.136. The normalized spacial score (nSPS) is 29.0. The first kappa shape index (κ1) is 21.6. The lowest BCUT2D eigenvalue weighted by Crippen LogP contribution is -2.54. The summed E-state index contributed by atoms with van der Waals surface area (Å²) in [5.74, 6) is 0.388. The van der Waals surface area contributed by atoms with Crippen molar-refractivity contribution < 1.29 is 4.79 Å². The second-order valence-electron chi connectivity index (χ2n) is 11.1. The van der Waals surface area contributed by atoms with Gasteiger partial charge in [-0.15, -0.1) is 0 Å². The van der Waals surface area contributed by atoms with E-state index in [0.717, 1.165) is 12.8 Å². The number of hydrogen-bond acceptors (Lipinski definition) is 3. The van der Waals surface area contributed by atoms with Crippen LogP contribution in [0.1, 0.15) is 89.0 Å². The van der Waals surface area contributed by atoms with Gasteiger partial charge in [0, 0.05) is 23.0 Å². The van der Waals surface area contributed by atoms with E-state index in [4.69, 9.17) is 5.73 Å². The van der Waals surface area contributed by atoms with Gasteiger partial charge in [-0.2, -0.15) is 0 Å². The number of nitrogens with zero attached hydrogens (tertiary/aromatic N) is 1. The summed E-state index contributed by atoms with van der Waals surface area (Å²) in [5, 5.41) is 0. The van der Waals surface area contributed by atoms with Crippen LogP contribution in [0.25, 0.3) is 0 Å². The molecule has 2 N–H and O–H groups in total. The number of carbonyl (C=O) groups excluding carboxylic acids is 1. The van der Waals surface area contributed by atoms with Crippen molar-refractivity contribution in [2.24, 2.45) is 22.5 Å². The van der Waals surface area contributed by atoms with Crippen molar-refractivity contribution in [3.63, 3.8) is 0 Å². The van der Waals surface area contributed by atoms with Crippen LogP contribution in [0, 0.1) is 16.7 Å². The van der Waals surface area contributed by atoms with E-state index >= 15 is 0 Å². The highest BCUT2D eigenvalue weighted by atomic mass is 16.1. The summed E-state index contributed by atoms with van der Waals surface area (Å²) < 4.78 is 0. The predicted molar refractivity (Wildman–Crippen MR) is 104 cm³/mol. The Bertz CT molecular complexity index is 469. The van der Waals surface area contributed by atoms with Crippen LogP contribution in [0.15, 0.2) is 0 Å². The molecule has 0 saturated carbocycles. The van der Waals surface area contributed by atoms with Crippen molar-refractivity contribution in [2.45, 2.75) is 112 Å². The molecule has 0 aromatic rings. The van der Waals surface area contributed by atoms with Crippen molar-refractivity contribution in [3.8, 4) is 0 Å². The summed E-state index contributed by atoms with van der Waals surface area (Å²) in [4.78, 5) is 16.0. The maximum absolute atomic E-state index is 13.6. The molecule has 1 aliphatic heterocycles. The number of rotatable bonds is 4. The Labute approximate surface area is 150 Å². The average molecular weight is 339 g/mol. The second kappa shape index (κ2) is 6.39. The van der Waals surface area contributed by atoms with Crippen molar-refractivity contribution in [3.05, 3.63) is 0 Å². The molecular formula is C21H42N2O. The summed E-state index contributed by atoms with van der Waals surface area (Å²) in [7, 11) is 0. The lowest BCUT2D eigenvalue weighted by Gasteiger charge is -2.47. The van der Waals surface area contributed by atoms with Crippen molar-refractivity contribution in [2.75, 3.05) is 0 Å². The fourth-order valence-corrected chi connectivity index (χ4v) is 6.46. The van der Waals surface area contributed by atoms with Gasteiger partial charge in [0.25, 0.3) is 0 Å². The molecule has 1 fully saturated rings. The van der Waals surface area contributed by atoms with Crippen LogP contribution in [-0.2, 0) is 4.79 Å². The van der Waals surface area contributed by atoms with Gasteiger partial charge >= 0.3 is 0 Å². The van der Waals surface area contributed by atoms with Gasteiger partial charge in [0.1, 0.15) is 0 Å². The Morgan fingerprint density at radius 1 is 1.17 bits per heavy atom. The van der Waals surface area contributed by atoms with E-state index in [-0.39, 0.29) is 33.9 Å². The smallest absolute Gasteiger partial charge is 0.153 e. The number of carbonyl (C=O) groups is 1. The zero-order valence-electron chi connectivity index (χ0n) is 18.1. The minimum atomic E-state index is -0.275. The molecule has 2 atom stereocenters. The molecule has 24 heavy (non-hydrogen) atoms. The molecule has 3 heteroatoms. The van der Waals surface area contributed by atoms with Gasteiger partial charge < -0.3 is 5.73 Å². The van der Waals surface area contributed by atoms with Crippen LogP contribution in [0.5, 0.6) is 0 Å². The third-order valence-corrected chi connectivity index (χ3v) is 5.73. The first-order chi connectivity index (χ1) is 10.4. The minimum absolute atomic E-state index is 0.00416. The maximum atomic E-state index is 13.6. The van der Waals surface area contributed by atoms with Crippen LogP contribution in [-0.4, -0.2) is 33.8 Å². The summed E-state index contributed by atoms with van der Waals surface area (Å²) in [6.45, 7) is 24.2. The summed E-state index contributed by atoms with van der Waals surface area (Å²) in [5.41, 5.74) is 5.87. The predicted octanol–water partition coefficient (Wildman–Crippen LogP) is 4.63.